The van der Waals surface area contributed by atoms with Gasteiger partial charge in [-0.3, -0.25) is 4.98 Å². The van der Waals surface area contributed by atoms with Gasteiger partial charge in [0, 0.05) is 18.0 Å². The highest BCUT2D eigenvalue weighted by Gasteiger charge is 2.18. The molecule has 0 spiro atoms. The van der Waals surface area contributed by atoms with Crippen LogP contribution in [0.1, 0.15) is 10.9 Å². The van der Waals surface area contributed by atoms with E-state index in [0.29, 0.717) is 5.56 Å². The van der Waals surface area contributed by atoms with Gasteiger partial charge in [0.05, 0.1) is 0 Å². The summed E-state index contributed by atoms with van der Waals surface area (Å²) < 4.78 is 0. The highest BCUT2D eigenvalue weighted by molar-refractivity contribution is 6.31. The molecule has 1 rings (SSSR count). The third kappa shape index (κ3) is 1.95. The Morgan fingerprint density at radius 1 is 1.73 bits per heavy atom. The van der Waals surface area contributed by atoms with E-state index in [0.717, 1.165) is 0 Å². The van der Waals surface area contributed by atoms with Gasteiger partial charge in [0.15, 0.2) is 5.38 Å². The van der Waals surface area contributed by atoms with Gasteiger partial charge in [-0.2, -0.15) is 0 Å². The molecule has 2 nitrogen and oxygen atoms in total. The van der Waals surface area contributed by atoms with E-state index in [4.69, 9.17) is 11.6 Å². The van der Waals surface area contributed by atoms with E-state index in [2.05, 4.69) is 11.9 Å². The zero-order valence-corrected chi connectivity index (χ0v) is 6.58. The fourth-order valence-electron chi connectivity index (χ4n) is 0.712. The minimum Gasteiger partial charge on any atom is -0.264 e. The second-order valence-corrected chi connectivity index (χ2v) is 2.55. The molecule has 56 valence electrons. The molecule has 1 atom stereocenters. The van der Waals surface area contributed by atoms with Crippen molar-refractivity contribution in [1.82, 2.24) is 4.98 Å². The summed E-state index contributed by atoms with van der Waals surface area (Å²) >= 11 is 5.69. The van der Waals surface area contributed by atoms with Crippen molar-refractivity contribution < 1.29 is 4.79 Å². The Kier molecular flexibility index (Phi) is 2.49. The van der Waals surface area contributed by atoms with Crippen LogP contribution in [-0.4, -0.2) is 10.8 Å². The molecule has 0 bridgehead atoms. The number of carbonyl (C=O) groups is 1. The Hall–Kier alpha value is -1.02. The highest BCUT2D eigenvalue weighted by Crippen LogP contribution is 2.19. The van der Waals surface area contributed by atoms with Crippen molar-refractivity contribution in [3.05, 3.63) is 37.0 Å². The minimum absolute atomic E-state index is 0.306. The van der Waals surface area contributed by atoms with Crippen LogP contribution in [0.2, 0.25) is 0 Å². The van der Waals surface area contributed by atoms with Gasteiger partial charge >= 0.3 is 5.78 Å². The Bertz CT molecular complexity index is 248. The number of rotatable bonds is 2. The molecule has 0 radical (unpaired) electrons. The standard InChI is InChI=1S/C8H7ClNO/c1-6(11)8(9)7-3-2-4-10-5-7/h2-5,8H,1H2/q+1. The Morgan fingerprint density at radius 2 is 2.45 bits per heavy atom. The topological polar surface area (TPSA) is 30.0 Å². The van der Waals surface area contributed by atoms with E-state index in [-0.39, 0.29) is 5.78 Å². The van der Waals surface area contributed by atoms with Crippen molar-refractivity contribution in [2.75, 3.05) is 0 Å². The van der Waals surface area contributed by atoms with Crippen LogP contribution in [0.4, 0.5) is 0 Å². The van der Waals surface area contributed by atoms with Crippen LogP contribution in [0.15, 0.2) is 24.5 Å². The fraction of sp³-hybridized carbons (Fsp3) is 0.125. The summed E-state index contributed by atoms with van der Waals surface area (Å²) in [4.78, 5) is 14.5. The molecule has 0 N–H and O–H groups in total. The molecule has 0 aliphatic carbocycles. The zero-order chi connectivity index (χ0) is 8.27. The summed E-state index contributed by atoms with van der Waals surface area (Å²) in [6.45, 7) is 3.22. The van der Waals surface area contributed by atoms with Crippen molar-refractivity contribution in [3.63, 3.8) is 0 Å². The van der Waals surface area contributed by atoms with E-state index in [9.17, 15) is 4.79 Å². The summed E-state index contributed by atoms with van der Waals surface area (Å²) in [7, 11) is 0. The predicted molar refractivity (Wildman–Crippen MR) is 43.2 cm³/mol. The summed E-state index contributed by atoms with van der Waals surface area (Å²) in [5.74, 6) is -0.306. The maximum atomic E-state index is 10.7. The molecule has 1 heterocycles. The van der Waals surface area contributed by atoms with Gasteiger partial charge in [-0.25, -0.2) is 4.79 Å². The third-order valence-corrected chi connectivity index (χ3v) is 1.76. The van der Waals surface area contributed by atoms with Gasteiger partial charge < -0.3 is 0 Å². The molecule has 1 unspecified atom stereocenters. The van der Waals surface area contributed by atoms with Gasteiger partial charge in [0.2, 0.25) is 0 Å². The molecule has 1 aromatic rings. The molecule has 0 aromatic carbocycles. The van der Waals surface area contributed by atoms with E-state index < -0.39 is 5.38 Å². The highest BCUT2D eigenvalue weighted by atomic mass is 35.5. The van der Waals surface area contributed by atoms with Gasteiger partial charge in [-0.15, -0.1) is 11.6 Å². The van der Waals surface area contributed by atoms with Crippen molar-refractivity contribution in [3.8, 4) is 0 Å². The van der Waals surface area contributed by atoms with Crippen LogP contribution < -0.4 is 0 Å². The normalized spacial score (nSPS) is 12.5. The maximum absolute atomic E-state index is 10.7. The first kappa shape index (κ1) is 8.08. The number of halogens is 1. The third-order valence-electron chi connectivity index (χ3n) is 1.26. The first-order chi connectivity index (χ1) is 5.22. The number of pyridine rings is 1. The molecule has 3 heteroatoms. The van der Waals surface area contributed by atoms with Crippen LogP contribution in [0, 0.1) is 6.92 Å². The minimum atomic E-state index is -0.663. The maximum Gasteiger partial charge on any atom is 0.325 e. The van der Waals surface area contributed by atoms with Crippen molar-refractivity contribution in [2.45, 2.75) is 5.38 Å². The molecule has 0 aliphatic rings. The second-order valence-electron chi connectivity index (χ2n) is 2.12. The van der Waals surface area contributed by atoms with Crippen LogP contribution in [0.3, 0.4) is 0 Å². The van der Waals surface area contributed by atoms with Crippen molar-refractivity contribution >= 4 is 17.4 Å². The molecule has 0 fully saturated rings. The number of aromatic nitrogens is 1. The van der Waals surface area contributed by atoms with E-state index in [1.54, 1.807) is 24.5 Å². The lowest BCUT2D eigenvalue weighted by atomic mass is 10.1. The lowest BCUT2D eigenvalue weighted by Crippen LogP contribution is -2.01. The SMILES string of the molecule is [CH2+]C(=O)C(Cl)c1cccnc1. The zero-order valence-electron chi connectivity index (χ0n) is 5.83. The van der Waals surface area contributed by atoms with Gasteiger partial charge in [0.25, 0.3) is 0 Å². The lowest BCUT2D eigenvalue weighted by molar-refractivity contribution is -0.114. The molecule has 0 aliphatic heterocycles. The van der Waals surface area contributed by atoms with E-state index in [1.807, 2.05) is 0 Å². The number of hydrogen-bond donors (Lipinski definition) is 0. The number of ketones is 1. The second kappa shape index (κ2) is 3.39. The summed E-state index contributed by atoms with van der Waals surface area (Å²) in [6, 6.07) is 3.47. The van der Waals surface area contributed by atoms with E-state index >= 15 is 0 Å². The average Bonchev–Trinajstić information content (AvgIpc) is 2.05. The molecule has 0 saturated carbocycles. The molecule has 0 saturated heterocycles. The monoisotopic (exact) mass is 168 g/mol. The van der Waals surface area contributed by atoms with Gasteiger partial charge in [0.1, 0.15) is 6.92 Å². The van der Waals surface area contributed by atoms with Crippen LogP contribution in [-0.2, 0) is 4.79 Å². The molecular formula is C8H7ClNO+. The van der Waals surface area contributed by atoms with Gasteiger partial charge in [-0.1, -0.05) is 6.07 Å². The lowest BCUT2D eigenvalue weighted by Gasteiger charge is -1.98. The number of Topliss-reactive ketones (excluding diaryl/α,β-unsaturated/α-hetero) is 1. The molecule has 0 amide bonds. The first-order valence-electron chi connectivity index (χ1n) is 3.11. The quantitative estimate of drug-likeness (QED) is 0.498. The molecular weight excluding hydrogens is 162 g/mol. The molecule has 1 aromatic heterocycles. The first-order valence-corrected chi connectivity index (χ1v) is 3.55. The smallest absolute Gasteiger partial charge is 0.264 e. The van der Waals surface area contributed by atoms with Crippen LogP contribution in [0.25, 0.3) is 0 Å². The Balaban J connectivity index is 2.85. The fourth-order valence-corrected chi connectivity index (χ4v) is 0.841. The summed E-state index contributed by atoms with van der Waals surface area (Å²) in [5, 5.41) is -0.663. The molecule has 11 heavy (non-hydrogen) atoms. The Labute approximate surface area is 70.2 Å². The summed E-state index contributed by atoms with van der Waals surface area (Å²) in [5.41, 5.74) is 0.689. The number of alkyl halides is 1. The van der Waals surface area contributed by atoms with Gasteiger partial charge in [-0.05, 0) is 6.07 Å². The largest absolute Gasteiger partial charge is 0.325 e. The number of hydrogen-bond acceptors (Lipinski definition) is 2. The number of nitrogens with zero attached hydrogens (tertiary/aromatic N) is 1. The summed E-state index contributed by atoms with van der Waals surface area (Å²) in [6.07, 6.45) is 3.18. The van der Waals surface area contributed by atoms with Crippen LogP contribution >= 0.6 is 11.6 Å². The van der Waals surface area contributed by atoms with Crippen LogP contribution in [0.5, 0.6) is 0 Å². The van der Waals surface area contributed by atoms with Crippen molar-refractivity contribution in [2.24, 2.45) is 0 Å². The van der Waals surface area contributed by atoms with Crippen molar-refractivity contribution in [1.29, 1.82) is 0 Å². The average molecular weight is 169 g/mol. The van der Waals surface area contributed by atoms with E-state index in [1.165, 1.54) is 0 Å². The predicted octanol–water partition coefficient (Wildman–Crippen LogP) is 1.76. The Morgan fingerprint density at radius 3 is 2.91 bits per heavy atom. The number of carbonyl (C=O) groups excluding carboxylic acids is 1.